The molecule has 2 aromatic rings. The van der Waals surface area contributed by atoms with Gasteiger partial charge in [0.2, 0.25) is 10.0 Å². The quantitative estimate of drug-likeness (QED) is 0.636. The number of ether oxygens (including phenoxy) is 2. The third-order valence-electron chi connectivity index (χ3n) is 3.57. The molecule has 0 radical (unpaired) electrons. The molecule has 0 aliphatic carbocycles. The SMILES string of the molecule is CCOC(=O)c1csc(CN(C(C)C)S(=O)(=O)c2ccc(OC)cc2)n1. The van der Waals surface area contributed by atoms with Crippen molar-refractivity contribution in [1.29, 1.82) is 0 Å². The molecule has 0 saturated heterocycles. The lowest BCUT2D eigenvalue weighted by Crippen LogP contribution is -2.36. The average molecular weight is 399 g/mol. The van der Waals surface area contributed by atoms with Gasteiger partial charge in [-0.25, -0.2) is 18.2 Å². The van der Waals surface area contributed by atoms with Crippen molar-refractivity contribution in [2.75, 3.05) is 13.7 Å². The Balaban J connectivity index is 2.26. The van der Waals surface area contributed by atoms with Crippen LogP contribution in [0.4, 0.5) is 0 Å². The minimum Gasteiger partial charge on any atom is -0.497 e. The summed E-state index contributed by atoms with van der Waals surface area (Å²) in [6.07, 6.45) is 0. The maximum atomic E-state index is 13.0. The van der Waals surface area contributed by atoms with Gasteiger partial charge in [-0.3, -0.25) is 0 Å². The molecule has 1 aromatic heterocycles. The lowest BCUT2D eigenvalue weighted by Gasteiger charge is -2.25. The van der Waals surface area contributed by atoms with E-state index in [-0.39, 0.29) is 29.8 Å². The van der Waals surface area contributed by atoms with Gasteiger partial charge in [0.1, 0.15) is 10.8 Å². The first kappa shape index (κ1) is 20.3. The number of benzene rings is 1. The second-order valence-corrected chi connectivity index (χ2v) is 8.50. The maximum Gasteiger partial charge on any atom is 0.357 e. The summed E-state index contributed by atoms with van der Waals surface area (Å²) in [5.74, 6) is 0.0724. The summed E-state index contributed by atoms with van der Waals surface area (Å²) in [5.41, 5.74) is 0.192. The number of carbonyl (C=O) groups is 1. The van der Waals surface area contributed by atoms with E-state index in [1.807, 2.05) is 0 Å². The van der Waals surface area contributed by atoms with E-state index in [4.69, 9.17) is 9.47 Å². The Bertz CT molecular complexity index is 844. The number of esters is 1. The Kier molecular flexibility index (Phi) is 6.74. The van der Waals surface area contributed by atoms with E-state index < -0.39 is 16.0 Å². The number of hydrogen-bond acceptors (Lipinski definition) is 7. The van der Waals surface area contributed by atoms with Crippen LogP contribution < -0.4 is 4.74 Å². The van der Waals surface area contributed by atoms with Crippen molar-refractivity contribution in [2.24, 2.45) is 0 Å². The van der Waals surface area contributed by atoms with Gasteiger partial charge >= 0.3 is 5.97 Å². The molecule has 1 heterocycles. The predicted octanol–water partition coefficient (Wildman–Crippen LogP) is 2.93. The fourth-order valence-electron chi connectivity index (χ4n) is 2.24. The molecule has 0 saturated carbocycles. The Morgan fingerprint density at radius 1 is 1.27 bits per heavy atom. The van der Waals surface area contributed by atoms with E-state index in [0.29, 0.717) is 10.8 Å². The van der Waals surface area contributed by atoms with Crippen LogP contribution in [0.5, 0.6) is 5.75 Å². The number of methoxy groups -OCH3 is 1. The monoisotopic (exact) mass is 398 g/mol. The highest BCUT2D eigenvalue weighted by Crippen LogP contribution is 2.24. The molecule has 0 amide bonds. The summed E-state index contributed by atoms with van der Waals surface area (Å²) in [6.45, 7) is 5.64. The standard InChI is InChI=1S/C17H22N2O5S2/c1-5-24-17(20)15-11-25-16(18-15)10-19(12(2)3)26(21,22)14-8-6-13(23-4)7-9-14/h6-9,11-12H,5,10H2,1-4H3. The first-order valence-electron chi connectivity index (χ1n) is 8.07. The summed E-state index contributed by atoms with van der Waals surface area (Å²) in [7, 11) is -2.20. The molecule has 0 spiro atoms. The van der Waals surface area contributed by atoms with Crippen LogP contribution in [0.3, 0.4) is 0 Å². The molecule has 0 N–H and O–H groups in total. The number of nitrogens with zero attached hydrogens (tertiary/aromatic N) is 2. The molecular weight excluding hydrogens is 376 g/mol. The number of aromatic nitrogens is 1. The Morgan fingerprint density at radius 3 is 2.46 bits per heavy atom. The number of thiazole rings is 1. The first-order valence-corrected chi connectivity index (χ1v) is 10.4. The maximum absolute atomic E-state index is 13.0. The van der Waals surface area contributed by atoms with E-state index >= 15 is 0 Å². The third-order valence-corrected chi connectivity index (χ3v) is 6.44. The summed E-state index contributed by atoms with van der Waals surface area (Å²) in [4.78, 5) is 16.1. The average Bonchev–Trinajstić information content (AvgIpc) is 3.08. The van der Waals surface area contributed by atoms with Crippen molar-refractivity contribution in [3.8, 4) is 5.75 Å². The molecule has 9 heteroatoms. The van der Waals surface area contributed by atoms with Crippen molar-refractivity contribution in [2.45, 2.75) is 38.3 Å². The third kappa shape index (κ3) is 4.60. The van der Waals surface area contributed by atoms with Crippen molar-refractivity contribution in [3.63, 3.8) is 0 Å². The van der Waals surface area contributed by atoms with Crippen LogP contribution in [-0.4, -0.2) is 43.4 Å². The van der Waals surface area contributed by atoms with Crippen molar-refractivity contribution in [3.05, 3.63) is 40.3 Å². The Morgan fingerprint density at radius 2 is 1.92 bits per heavy atom. The Labute approximate surface area is 157 Å². The van der Waals surface area contributed by atoms with Crippen LogP contribution in [0.2, 0.25) is 0 Å². The molecule has 142 valence electrons. The van der Waals surface area contributed by atoms with E-state index in [1.165, 1.54) is 34.9 Å². The first-order chi connectivity index (χ1) is 12.3. The highest BCUT2D eigenvalue weighted by Gasteiger charge is 2.28. The van der Waals surface area contributed by atoms with Crippen LogP contribution in [0.25, 0.3) is 0 Å². The van der Waals surface area contributed by atoms with E-state index in [9.17, 15) is 13.2 Å². The van der Waals surface area contributed by atoms with Crippen molar-refractivity contribution < 1.29 is 22.7 Å². The molecule has 0 unspecified atom stereocenters. The van der Waals surface area contributed by atoms with E-state index in [0.717, 1.165) is 0 Å². The van der Waals surface area contributed by atoms with Crippen molar-refractivity contribution >= 4 is 27.3 Å². The second kappa shape index (κ2) is 8.61. The summed E-state index contributed by atoms with van der Waals surface area (Å²) < 4.78 is 37.3. The zero-order valence-electron chi connectivity index (χ0n) is 15.1. The lowest BCUT2D eigenvalue weighted by atomic mass is 10.3. The van der Waals surface area contributed by atoms with Gasteiger partial charge in [-0.1, -0.05) is 0 Å². The van der Waals surface area contributed by atoms with Crippen LogP contribution in [0.15, 0.2) is 34.5 Å². The van der Waals surface area contributed by atoms with Crippen LogP contribution >= 0.6 is 11.3 Å². The highest BCUT2D eigenvalue weighted by molar-refractivity contribution is 7.89. The smallest absolute Gasteiger partial charge is 0.357 e. The van der Waals surface area contributed by atoms with Gasteiger partial charge in [0.15, 0.2) is 5.69 Å². The molecule has 26 heavy (non-hydrogen) atoms. The second-order valence-electron chi connectivity index (χ2n) is 5.67. The van der Waals surface area contributed by atoms with E-state index in [2.05, 4.69) is 4.98 Å². The van der Waals surface area contributed by atoms with E-state index in [1.54, 1.807) is 38.3 Å². The van der Waals surface area contributed by atoms with Gasteiger partial charge in [-0.15, -0.1) is 11.3 Å². The number of hydrogen-bond donors (Lipinski definition) is 0. The predicted molar refractivity (Wildman–Crippen MR) is 98.9 cm³/mol. The molecule has 0 aliphatic rings. The van der Waals surface area contributed by atoms with Crippen molar-refractivity contribution in [1.82, 2.24) is 9.29 Å². The van der Waals surface area contributed by atoms with Gasteiger partial charge in [0.25, 0.3) is 0 Å². The highest BCUT2D eigenvalue weighted by atomic mass is 32.2. The molecule has 0 bridgehead atoms. The molecule has 0 atom stereocenters. The number of carbonyl (C=O) groups excluding carboxylic acids is 1. The number of sulfonamides is 1. The summed E-state index contributed by atoms with van der Waals surface area (Å²) >= 11 is 1.23. The van der Waals surface area contributed by atoms with Crippen LogP contribution in [0, 0.1) is 0 Å². The summed E-state index contributed by atoms with van der Waals surface area (Å²) in [6, 6.07) is 5.95. The molecule has 0 aliphatic heterocycles. The fraction of sp³-hybridized carbons (Fsp3) is 0.412. The largest absolute Gasteiger partial charge is 0.497 e. The topological polar surface area (TPSA) is 85.8 Å². The van der Waals surface area contributed by atoms with Crippen LogP contribution in [-0.2, 0) is 21.3 Å². The van der Waals surface area contributed by atoms with Gasteiger partial charge in [-0.05, 0) is 45.0 Å². The van der Waals surface area contributed by atoms with Gasteiger partial charge in [0.05, 0.1) is 25.2 Å². The zero-order valence-corrected chi connectivity index (χ0v) is 16.8. The number of rotatable bonds is 8. The Hall–Kier alpha value is -1.97. The summed E-state index contributed by atoms with van der Waals surface area (Å²) in [5, 5.41) is 2.10. The van der Waals surface area contributed by atoms with Gasteiger partial charge < -0.3 is 9.47 Å². The molecular formula is C17H22N2O5S2. The normalized spacial score (nSPS) is 11.8. The van der Waals surface area contributed by atoms with Gasteiger partial charge in [-0.2, -0.15) is 4.31 Å². The van der Waals surface area contributed by atoms with Gasteiger partial charge in [0, 0.05) is 11.4 Å². The minimum absolute atomic E-state index is 0.0795. The molecule has 2 rings (SSSR count). The lowest BCUT2D eigenvalue weighted by molar-refractivity contribution is 0.0520. The fourth-order valence-corrected chi connectivity index (χ4v) is 4.68. The molecule has 0 fully saturated rings. The molecule has 1 aromatic carbocycles. The zero-order chi connectivity index (χ0) is 19.3. The minimum atomic E-state index is -3.72. The molecule has 7 nitrogen and oxygen atoms in total. The van der Waals surface area contributed by atoms with Crippen LogP contribution in [0.1, 0.15) is 36.3 Å².